The molecule has 1 N–H and O–H groups in total. The van der Waals surface area contributed by atoms with Crippen LogP contribution in [0, 0.1) is 11.3 Å². The zero-order valence-corrected chi connectivity index (χ0v) is 12.9. The third kappa shape index (κ3) is 2.36. The van der Waals surface area contributed by atoms with Crippen LogP contribution in [0.25, 0.3) is 0 Å². The average Bonchev–Trinajstić information content (AvgIpc) is 3.32. The van der Waals surface area contributed by atoms with Gasteiger partial charge in [0.05, 0.1) is 5.92 Å². The molecule has 2 saturated carbocycles. The molecule has 0 aromatic carbocycles. The Morgan fingerprint density at radius 2 is 2.00 bits per heavy atom. The summed E-state index contributed by atoms with van der Waals surface area (Å²) < 4.78 is 0. The number of rotatable bonds is 3. The Hall–Kier alpha value is -1.65. The summed E-state index contributed by atoms with van der Waals surface area (Å²) in [5, 5.41) is 9.69. The lowest BCUT2D eigenvalue weighted by molar-refractivity contribution is -0.145. The molecule has 118 valence electrons. The van der Waals surface area contributed by atoms with Crippen LogP contribution in [0.5, 0.6) is 0 Å². The fourth-order valence-corrected chi connectivity index (χ4v) is 4.38. The Balaban J connectivity index is 1.60. The topological polar surface area (TPSA) is 66.3 Å². The maximum absolute atomic E-state index is 11.8. The molecule has 1 aliphatic heterocycles. The molecule has 0 radical (unpaired) electrons. The number of carbonyl (C=O) groups is 1. The molecule has 2 aliphatic carbocycles. The number of aromatic nitrogens is 2. The number of nitrogens with zero attached hydrogens (tertiary/aromatic N) is 3. The van der Waals surface area contributed by atoms with Crippen LogP contribution in [-0.2, 0) is 4.79 Å². The first kappa shape index (κ1) is 14.0. The van der Waals surface area contributed by atoms with E-state index in [1.165, 1.54) is 19.3 Å². The molecule has 1 aromatic rings. The summed E-state index contributed by atoms with van der Waals surface area (Å²) in [6.45, 7) is 1.43. The number of carboxylic acids is 1. The summed E-state index contributed by atoms with van der Waals surface area (Å²) >= 11 is 0. The number of aliphatic carboxylic acids is 1. The van der Waals surface area contributed by atoms with Gasteiger partial charge in [-0.1, -0.05) is 19.3 Å². The third-order valence-corrected chi connectivity index (χ3v) is 5.79. The van der Waals surface area contributed by atoms with E-state index in [1.807, 2.05) is 0 Å². The van der Waals surface area contributed by atoms with Crippen LogP contribution >= 0.6 is 0 Å². The summed E-state index contributed by atoms with van der Waals surface area (Å²) in [5.41, 5.74) is 1.08. The highest BCUT2D eigenvalue weighted by atomic mass is 16.4. The first-order valence-electron chi connectivity index (χ1n) is 8.48. The minimum Gasteiger partial charge on any atom is -0.481 e. The van der Waals surface area contributed by atoms with Gasteiger partial charge >= 0.3 is 5.97 Å². The van der Waals surface area contributed by atoms with E-state index in [4.69, 9.17) is 0 Å². The maximum atomic E-state index is 11.8. The Kier molecular flexibility index (Phi) is 3.31. The minimum absolute atomic E-state index is 0.0468. The fraction of sp³-hybridized carbons (Fsp3) is 0.706. The zero-order valence-electron chi connectivity index (χ0n) is 12.9. The number of carboxylic acid groups (broad SMARTS) is 1. The lowest BCUT2D eigenvalue weighted by atomic mass is 9.68. The number of hydrogen-bond donors (Lipinski definition) is 1. The van der Waals surface area contributed by atoms with Crippen LogP contribution in [0.2, 0.25) is 0 Å². The van der Waals surface area contributed by atoms with E-state index in [9.17, 15) is 9.90 Å². The van der Waals surface area contributed by atoms with Crippen molar-refractivity contribution in [2.45, 2.75) is 50.9 Å². The van der Waals surface area contributed by atoms with Gasteiger partial charge in [0, 0.05) is 36.2 Å². The monoisotopic (exact) mass is 301 g/mol. The highest BCUT2D eigenvalue weighted by Gasteiger charge is 2.50. The summed E-state index contributed by atoms with van der Waals surface area (Å²) in [7, 11) is 0. The van der Waals surface area contributed by atoms with Gasteiger partial charge in [0.2, 0.25) is 0 Å². The van der Waals surface area contributed by atoms with Crippen molar-refractivity contribution in [2.24, 2.45) is 11.3 Å². The fourth-order valence-electron chi connectivity index (χ4n) is 4.38. The number of anilines is 1. The largest absolute Gasteiger partial charge is 0.481 e. The molecule has 5 heteroatoms. The quantitative estimate of drug-likeness (QED) is 0.930. The van der Waals surface area contributed by atoms with Crippen molar-refractivity contribution in [2.75, 3.05) is 18.0 Å². The van der Waals surface area contributed by atoms with E-state index in [0.717, 1.165) is 43.7 Å². The summed E-state index contributed by atoms with van der Waals surface area (Å²) in [5.74, 6) is 0.627. The van der Waals surface area contributed by atoms with E-state index >= 15 is 0 Å². The molecule has 1 atom stereocenters. The molecule has 0 bridgehead atoms. The molecule has 22 heavy (non-hydrogen) atoms. The zero-order chi connectivity index (χ0) is 15.2. The van der Waals surface area contributed by atoms with Crippen molar-refractivity contribution < 1.29 is 9.90 Å². The van der Waals surface area contributed by atoms with Crippen LogP contribution in [-0.4, -0.2) is 34.1 Å². The molecule has 1 unspecified atom stereocenters. The van der Waals surface area contributed by atoms with Crippen molar-refractivity contribution in [3.63, 3.8) is 0 Å². The summed E-state index contributed by atoms with van der Waals surface area (Å²) in [6, 6.07) is 2.08. The molecule has 1 saturated heterocycles. The molecule has 0 amide bonds. The first-order chi connectivity index (χ1) is 10.7. The van der Waals surface area contributed by atoms with Crippen molar-refractivity contribution in [1.29, 1.82) is 0 Å². The third-order valence-electron chi connectivity index (χ3n) is 5.79. The standard InChI is InChI=1S/C17H23N3O2/c21-16(22)13-9-20(10-17(13)6-2-1-3-7-17)15-8-14(12-4-5-12)18-11-19-15/h8,11-13H,1-7,9-10H2,(H,21,22). The lowest BCUT2D eigenvalue weighted by Crippen LogP contribution is -2.36. The molecule has 5 nitrogen and oxygen atoms in total. The number of hydrogen-bond acceptors (Lipinski definition) is 4. The highest BCUT2D eigenvalue weighted by Crippen LogP contribution is 2.48. The molecule has 1 spiro atoms. The molecule has 2 heterocycles. The van der Waals surface area contributed by atoms with Crippen LogP contribution in [0.1, 0.15) is 56.6 Å². The van der Waals surface area contributed by atoms with Gasteiger partial charge in [-0.05, 0) is 25.7 Å². The van der Waals surface area contributed by atoms with E-state index in [0.29, 0.717) is 12.5 Å². The minimum atomic E-state index is -0.638. The SMILES string of the molecule is O=C(O)C1CN(c2cc(C3CC3)ncn2)CC12CCCCC2. The highest BCUT2D eigenvalue weighted by molar-refractivity contribution is 5.73. The average molecular weight is 301 g/mol. The van der Waals surface area contributed by atoms with Gasteiger partial charge in [-0.3, -0.25) is 4.79 Å². The normalized spacial score (nSPS) is 27.3. The van der Waals surface area contributed by atoms with Crippen LogP contribution in [0.4, 0.5) is 5.82 Å². The maximum Gasteiger partial charge on any atom is 0.308 e. The molecular formula is C17H23N3O2. The van der Waals surface area contributed by atoms with Gasteiger partial charge in [0.1, 0.15) is 12.1 Å². The Bertz CT molecular complexity index is 579. The van der Waals surface area contributed by atoms with Crippen LogP contribution in [0.15, 0.2) is 12.4 Å². The lowest BCUT2D eigenvalue weighted by Gasteiger charge is -2.36. The predicted octanol–water partition coefficient (Wildman–Crippen LogP) is 2.83. The van der Waals surface area contributed by atoms with Crippen molar-refractivity contribution in [3.8, 4) is 0 Å². The van der Waals surface area contributed by atoms with E-state index < -0.39 is 5.97 Å². The molecule has 3 fully saturated rings. The summed E-state index contributed by atoms with van der Waals surface area (Å²) in [6.07, 6.45) is 9.74. The van der Waals surface area contributed by atoms with Gasteiger partial charge < -0.3 is 10.0 Å². The van der Waals surface area contributed by atoms with Gasteiger partial charge in [-0.2, -0.15) is 0 Å². The molecular weight excluding hydrogens is 278 g/mol. The summed E-state index contributed by atoms with van der Waals surface area (Å²) in [4.78, 5) is 22.8. The van der Waals surface area contributed by atoms with Crippen LogP contribution in [0.3, 0.4) is 0 Å². The Labute approximate surface area is 130 Å². The van der Waals surface area contributed by atoms with E-state index in [2.05, 4.69) is 20.9 Å². The Morgan fingerprint density at radius 3 is 2.68 bits per heavy atom. The van der Waals surface area contributed by atoms with E-state index in [-0.39, 0.29) is 11.3 Å². The van der Waals surface area contributed by atoms with Gasteiger partial charge in [-0.25, -0.2) is 9.97 Å². The first-order valence-corrected chi connectivity index (χ1v) is 8.48. The smallest absolute Gasteiger partial charge is 0.308 e. The second kappa shape index (κ2) is 5.21. The molecule has 4 rings (SSSR count). The second-order valence-electron chi connectivity index (χ2n) is 7.27. The molecule has 1 aromatic heterocycles. The van der Waals surface area contributed by atoms with Crippen molar-refractivity contribution in [1.82, 2.24) is 9.97 Å². The predicted molar refractivity (Wildman–Crippen MR) is 82.9 cm³/mol. The van der Waals surface area contributed by atoms with E-state index in [1.54, 1.807) is 6.33 Å². The van der Waals surface area contributed by atoms with Crippen molar-refractivity contribution >= 4 is 11.8 Å². The van der Waals surface area contributed by atoms with Crippen molar-refractivity contribution in [3.05, 3.63) is 18.1 Å². The molecule has 3 aliphatic rings. The van der Waals surface area contributed by atoms with Gasteiger partial charge in [0.25, 0.3) is 0 Å². The van der Waals surface area contributed by atoms with Gasteiger partial charge in [-0.15, -0.1) is 0 Å². The van der Waals surface area contributed by atoms with Crippen LogP contribution < -0.4 is 4.90 Å². The Morgan fingerprint density at radius 1 is 1.23 bits per heavy atom. The van der Waals surface area contributed by atoms with Gasteiger partial charge in [0.15, 0.2) is 0 Å². The second-order valence-corrected chi connectivity index (χ2v) is 7.27.